The van der Waals surface area contributed by atoms with Crippen LogP contribution in [0.4, 0.5) is 4.39 Å². The highest BCUT2D eigenvalue weighted by molar-refractivity contribution is 7.91. The van der Waals surface area contributed by atoms with Gasteiger partial charge in [0.05, 0.1) is 22.8 Å². The van der Waals surface area contributed by atoms with Crippen LogP contribution in [0.5, 0.6) is 0 Å². The highest BCUT2D eigenvalue weighted by Gasteiger charge is 2.21. The summed E-state index contributed by atoms with van der Waals surface area (Å²) in [5, 5.41) is 1.74. The molecule has 146 valence electrons. The summed E-state index contributed by atoms with van der Waals surface area (Å²) in [4.78, 5) is 17.2. The van der Waals surface area contributed by atoms with E-state index in [1.165, 1.54) is 29.5 Å². The zero-order valence-corrected chi connectivity index (χ0v) is 16.8. The number of benzene rings is 2. The summed E-state index contributed by atoms with van der Waals surface area (Å²) in [5.41, 5.74) is 0.516. The van der Waals surface area contributed by atoms with Crippen LogP contribution < -0.4 is 4.80 Å². The van der Waals surface area contributed by atoms with Crippen molar-refractivity contribution in [2.45, 2.75) is 24.8 Å². The Labute approximate surface area is 166 Å². The lowest BCUT2D eigenvalue weighted by molar-refractivity contribution is 0.0994. The predicted octanol–water partition coefficient (Wildman–Crippen LogP) is 3.66. The van der Waals surface area contributed by atoms with Crippen molar-refractivity contribution in [3.63, 3.8) is 0 Å². The number of halogens is 1. The molecule has 1 amide bonds. The van der Waals surface area contributed by atoms with E-state index in [1.807, 2.05) is 0 Å². The second kappa shape index (κ2) is 8.62. The molecule has 5 nitrogen and oxygen atoms in total. The average Bonchev–Trinajstić information content (AvgIpc) is 3.10. The van der Waals surface area contributed by atoms with Crippen LogP contribution in [0.15, 0.2) is 70.0 Å². The molecule has 0 spiro atoms. The number of amides is 1. The summed E-state index contributed by atoms with van der Waals surface area (Å²) >= 11 is 1.22. The summed E-state index contributed by atoms with van der Waals surface area (Å²) in [6.07, 6.45) is 2.17. The molecule has 0 unspecified atom stereocenters. The summed E-state index contributed by atoms with van der Waals surface area (Å²) in [6.45, 7) is 1.99. The van der Waals surface area contributed by atoms with Crippen LogP contribution in [0.25, 0.3) is 0 Å². The predicted molar refractivity (Wildman–Crippen MR) is 106 cm³/mol. The maximum Gasteiger partial charge on any atom is 0.280 e. The number of nitrogens with zero attached hydrogens (tertiary/aromatic N) is 2. The van der Waals surface area contributed by atoms with Gasteiger partial charge in [-0.15, -0.1) is 11.3 Å². The molecule has 0 fully saturated rings. The fourth-order valence-corrected chi connectivity index (χ4v) is 5.02. The molecule has 1 aromatic heterocycles. The average molecular weight is 419 g/mol. The zero-order chi connectivity index (χ0) is 20.1. The van der Waals surface area contributed by atoms with Gasteiger partial charge in [0.15, 0.2) is 14.6 Å². The summed E-state index contributed by atoms with van der Waals surface area (Å²) < 4.78 is 40.5. The van der Waals surface area contributed by atoms with Gasteiger partial charge in [0.25, 0.3) is 5.91 Å². The Balaban J connectivity index is 1.98. The molecular formula is C20H19FN2O3S2. The number of carbonyl (C=O) groups excluding carboxylic acids is 1. The number of thiazole rings is 1. The summed E-state index contributed by atoms with van der Waals surface area (Å²) in [5.74, 6) is -1.02. The maximum atomic E-state index is 13.9. The summed E-state index contributed by atoms with van der Waals surface area (Å²) in [6, 6.07) is 12.5. The van der Waals surface area contributed by atoms with Crippen LogP contribution in [-0.2, 0) is 16.4 Å². The van der Waals surface area contributed by atoms with Crippen molar-refractivity contribution in [2.75, 3.05) is 5.75 Å². The number of aromatic nitrogens is 1. The van der Waals surface area contributed by atoms with Gasteiger partial charge in [-0.05, 0) is 24.6 Å². The molecule has 0 atom stereocenters. The Bertz CT molecular complexity index is 1160. The van der Waals surface area contributed by atoms with Crippen molar-refractivity contribution in [1.82, 2.24) is 4.57 Å². The first-order valence-corrected chi connectivity index (χ1v) is 11.2. The number of hydrogen-bond acceptors (Lipinski definition) is 4. The van der Waals surface area contributed by atoms with Crippen molar-refractivity contribution in [3.05, 3.63) is 81.9 Å². The molecular weight excluding hydrogens is 399 g/mol. The lowest BCUT2D eigenvalue weighted by atomic mass is 10.2. The Morgan fingerprint density at radius 1 is 1.14 bits per heavy atom. The van der Waals surface area contributed by atoms with Crippen molar-refractivity contribution < 1.29 is 17.6 Å². The Morgan fingerprint density at radius 3 is 2.61 bits per heavy atom. The molecule has 0 radical (unpaired) electrons. The third kappa shape index (κ3) is 4.45. The molecule has 2 aromatic carbocycles. The minimum atomic E-state index is -3.56. The van der Waals surface area contributed by atoms with E-state index in [0.717, 1.165) is 0 Å². The van der Waals surface area contributed by atoms with Crippen LogP contribution in [0, 0.1) is 5.82 Å². The lowest BCUT2D eigenvalue weighted by Crippen LogP contribution is -2.19. The first-order valence-electron chi connectivity index (χ1n) is 8.70. The van der Waals surface area contributed by atoms with Crippen molar-refractivity contribution in [3.8, 4) is 0 Å². The second-order valence-corrected chi connectivity index (χ2v) is 9.09. The highest BCUT2D eigenvalue weighted by atomic mass is 32.2. The fourth-order valence-electron chi connectivity index (χ4n) is 2.76. The van der Waals surface area contributed by atoms with Gasteiger partial charge in [0, 0.05) is 17.1 Å². The molecule has 28 heavy (non-hydrogen) atoms. The van der Waals surface area contributed by atoms with Crippen LogP contribution in [0.2, 0.25) is 0 Å². The van der Waals surface area contributed by atoms with Gasteiger partial charge in [-0.3, -0.25) is 4.79 Å². The zero-order valence-electron chi connectivity index (χ0n) is 15.2. The molecule has 0 bridgehead atoms. The Kier molecular flexibility index (Phi) is 6.21. The smallest absolute Gasteiger partial charge is 0.280 e. The van der Waals surface area contributed by atoms with Gasteiger partial charge in [-0.1, -0.05) is 37.3 Å². The van der Waals surface area contributed by atoms with Gasteiger partial charge in [-0.25, -0.2) is 12.8 Å². The third-order valence-corrected chi connectivity index (χ3v) is 6.85. The lowest BCUT2D eigenvalue weighted by Gasteiger charge is -2.07. The van der Waals surface area contributed by atoms with E-state index in [4.69, 9.17) is 0 Å². The molecule has 8 heteroatoms. The normalized spacial score (nSPS) is 12.3. The van der Waals surface area contributed by atoms with E-state index in [2.05, 4.69) is 4.99 Å². The number of rotatable bonds is 6. The van der Waals surface area contributed by atoms with Gasteiger partial charge in [-0.2, -0.15) is 4.99 Å². The van der Waals surface area contributed by atoms with Crippen LogP contribution in [0.1, 0.15) is 29.3 Å². The molecule has 0 aliphatic rings. The SMILES string of the molecule is CCCS(=O)(=O)c1ccccc1C(=O)N=c1sccn1Cc1ccccc1F. The molecule has 3 rings (SSSR count). The van der Waals surface area contributed by atoms with E-state index in [0.29, 0.717) is 16.8 Å². The van der Waals surface area contributed by atoms with Crippen molar-refractivity contribution in [2.24, 2.45) is 4.99 Å². The summed E-state index contributed by atoms with van der Waals surface area (Å²) in [7, 11) is -3.56. The molecule has 0 saturated carbocycles. The molecule has 0 aliphatic heterocycles. The van der Waals surface area contributed by atoms with Crippen molar-refractivity contribution in [1.29, 1.82) is 0 Å². The molecule has 0 saturated heterocycles. The van der Waals surface area contributed by atoms with E-state index in [1.54, 1.807) is 53.4 Å². The van der Waals surface area contributed by atoms with Gasteiger partial charge < -0.3 is 4.57 Å². The quantitative estimate of drug-likeness (QED) is 0.613. The monoisotopic (exact) mass is 418 g/mol. The van der Waals surface area contributed by atoms with Crippen molar-refractivity contribution >= 4 is 27.1 Å². The van der Waals surface area contributed by atoms with Crippen LogP contribution in [-0.4, -0.2) is 24.6 Å². The number of hydrogen-bond donors (Lipinski definition) is 0. The second-order valence-electron chi connectivity index (χ2n) is 6.14. The van der Waals surface area contributed by atoms with Crippen LogP contribution >= 0.6 is 11.3 Å². The van der Waals surface area contributed by atoms with Gasteiger partial charge in [0.2, 0.25) is 0 Å². The molecule has 3 aromatic rings. The standard InChI is InChI=1S/C20H19FN2O3S2/c1-2-13-28(25,26)18-10-6-4-8-16(18)19(24)22-20-23(11-12-27-20)14-15-7-3-5-9-17(15)21/h3-12H,2,13-14H2,1H3. The van der Waals surface area contributed by atoms with Gasteiger partial charge in [0.1, 0.15) is 5.82 Å². The largest absolute Gasteiger partial charge is 0.319 e. The fraction of sp³-hybridized carbons (Fsp3) is 0.200. The van der Waals surface area contributed by atoms with E-state index in [9.17, 15) is 17.6 Å². The Hall–Kier alpha value is -2.58. The first kappa shape index (κ1) is 20.2. The Morgan fingerprint density at radius 2 is 1.86 bits per heavy atom. The van der Waals surface area contributed by atoms with Crippen LogP contribution in [0.3, 0.4) is 0 Å². The van der Waals surface area contributed by atoms with E-state index < -0.39 is 15.7 Å². The van der Waals surface area contributed by atoms with E-state index in [-0.39, 0.29) is 28.6 Å². The molecule has 0 aliphatic carbocycles. The third-order valence-electron chi connectivity index (χ3n) is 4.08. The highest BCUT2D eigenvalue weighted by Crippen LogP contribution is 2.19. The maximum absolute atomic E-state index is 13.9. The van der Waals surface area contributed by atoms with Gasteiger partial charge >= 0.3 is 0 Å². The molecule has 1 heterocycles. The molecule has 0 N–H and O–H groups in total. The number of sulfone groups is 1. The minimum Gasteiger partial charge on any atom is -0.319 e. The van der Waals surface area contributed by atoms with E-state index >= 15 is 0 Å². The minimum absolute atomic E-state index is 0.0113. The first-order chi connectivity index (χ1) is 13.4. The number of carbonyl (C=O) groups is 1. The topological polar surface area (TPSA) is 68.5 Å².